The van der Waals surface area contributed by atoms with Crippen molar-refractivity contribution in [1.29, 1.82) is 0 Å². The monoisotopic (exact) mass is 166 g/mol. The lowest BCUT2D eigenvalue weighted by atomic mass is 10.1. The van der Waals surface area contributed by atoms with Gasteiger partial charge < -0.3 is 5.11 Å². The maximum absolute atomic E-state index is 10.2. The van der Waals surface area contributed by atoms with Crippen LogP contribution in [0.3, 0.4) is 0 Å². The molecular weight excluding hydrogens is 152 g/mol. The minimum Gasteiger partial charge on any atom is -0.481 e. The molecule has 0 heterocycles. The molecule has 0 spiro atoms. The van der Waals surface area contributed by atoms with Crippen LogP contribution >= 0.6 is 0 Å². The summed E-state index contributed by atoms with van der Waals surface area (Å²) in [5.74, 6) is -0.843. The Bertz CT molecular complexity index is 234. The highest BCUT2D eigenvalue weighted by Gasteiger charge is 1.97. The van der Waals surface area contributed by atoms with Crippen molar-refractivity contribution in [3.63, 3.8) is 0 Å². The lowest BCUT2D eigenvalue weighted by Crippen LogP contribution is -1.94. The predicted molar refractivity (Wildman–Crippen MR) is 50.0 cm³/mol. The SMILES string of the molecule is C=C(/C=C(C)\C=C/C)CC(=O)O. The Labute approximate surface area is 72.9 Å². The summed E-state index contributed by atoms with van der Waals surface area (Å²) in [6.07, 6.45) is 5.59. The third-order valence-electron chi connectivity index (χ3n) is 1.24. The number of allylic oxidation sites excluding steroid dienone is 4. The summed E-state index contributed by atoms with van der Waals surface area (Å²) < 4.78 is 0. The van der Waals surface area contributed by atoms with Crippen molar-refractivity contribution in [3.05, 3.63) is 36.0 Å². The fourth-order valence-electron chi connectivity index (χ4n) is 0.878. The summed E-state index contributed by atoms with van der Waals surface area (Å²) in [7, 11) is 0. The van der Waals surface area contributed by atoms with Crippen LogP contribution < -0.4 is 0 Å². The van der Waals surface area contributed by atoms with Crippen molar-refractivity contribution in [2.75, 3.05) is 0 Å². The lowest BCUT2D eigenvalue weighted by molar-refractivity contribution is -0.136. The molecule has 1 N–H and O–H groups in total. The van der Waals surface area contributed by atoms with Crippen LogP contribution in [0, 0.1) is 0 Å². The second-order valence-corrected chi connectivity index (χ2v) is 2.62. The molecule has 0 aliphatic heterocycles. The maximum Gasteiger partial charge on any atom is 0.307 e. The smallest absolute Gasteiger partial charge is 0.307 e. The van der Waals surface area contributed by atoms with Crippen LogP contribution in [0.15, 0.2) is 36.0 Å². The van der Waals surface area contributed by atoms with Gasteiger partial charge in [0.25, 0.3) is 0 Å². The molecule has 0 fully saturated rings. The molecule has 12 heavy (non-hydrogen) atoms. The largest absolute Gasteiger partial charge is 0.481 e. The van der Waals surface area contributed by atoms with E-state index in [-0.39, 0.29) is 6.42 Å². The Balaban J connectivity index is 4.14. The number of hydrogen-bond donors (Lipinski definition) is 1. The standard InChI is InChI=1S/C10H14O2/c1-4-5-8(2)6-9(3)7-10(11)12/h4-6H,3,7H2,1-2H3,(H,11,12)/b5-4-,8-6-. The van der Waals surface area contributed by atoms with E-state index >= 15 is 0 Å². The number of aliphatic carboxylic acids is 1. The van der Waals surface area contributed by atoms with E-state index in [0.29, 0.717) is 5.57 Å². The van der Waals surface area contributed by atoms with Crippen molar-refractivity contribution in [1.82, 2.24) is 0 Å². The first kappa shape index (κ1) is 10.7. The van der Waals surface area contributed by atoms with Crippen LogP contribution in [0.25, 0.3) is 0 Å². The molecule has 0 aliphatic carbocycles. The van der Waals surface area contributed by atoms with E-state index < -0.39 is 5.97 Å². The van der Waals surface area contributed by atoms with Crippen LogP contribution in [-0.2, 0) is 4.79 Å². The fraction of sp³-hybridized carbons (Fsp3) is 0.300. The molecule has 0 amide bonds. The topological polar surface area (TPSA) is 37.3 Å². The van der Waals surface area contributed by atoms with Crippen LogP contribution in [0.5, 0.6) is 0 Å². The molecule has 0 aromatic rings. The lowest BCUT2D eigenvalue weighted by Gasteiger charge is -1.95. The molecule has 0 radical (unpaired) electrons. The molecule has 0 saturated heterocycles. The minimum absolute atomic E-state index is 0.00882. The highest BCUT2D eigenvalue weighted by molar-refractivity contribution is 5.70. The van der Waals surface area contributed by atoms with E-state index in [9.17, 15) is 4.79 Å². The number of rotatable bonds is 4. The normalized spacial score (nSPS) is 12.0. The van der Waals surface area contributed by atoms with Gasteiger partial charge in [-0.05, 0) is 19.4 Å². The molecule has 0 bridgehead atoms. The number of carboxylic acid groups (broad SMARTS) is 1. The molecule has 2 nitrogen and oxygen atoms in total. The summed E-state index contributed by atoms with van der Waals surface area (Å²) in [5, 5.41) is 8.42. The van der Waals surface area contributed by atoms with Gasteiger partial charge in [-0.1, -0.05) is 30.4 Å². The molecule has 0 rings (SSSR count). The number of carbonyl (C=O) groups is 1. The number of carboxylic acids is 1. The molecule has 0 atom stereocenters. The second kappa shape index (κ2) is 5.35. The van der Waals surface area contributed by atoms with Crippen LogP contribution in [0.4, 0.5) is 0 Å². The van der Waals surface area contributed by atoms with Gasteiger partial charge in [-0.15, -0.1) is 0 Å². The van der Waals surface area contributed by atoms with E-state index in [0.717, 1.165) is 5.57 Å². The summed E-state index contributed by atoms with van der Waals surface area (Å²) in [6.45, 7) is 7.45. The first-order chi connectivity index (χ1) is 5.56. The molecule has 0 aromatic carbocycles. The fourth-order valence-corrected chi connectivity index (χ4v) is 0.878. The molecule has 0 saturated carbocycles. The van der Waals surface area contributed by atoms with Gasteiger partial charge >= 0.3 is 5.97 Å². The Morgan fingerprint density at radius 1 is 1.58 bits per heavy atom. The second-order valence-electron chi connectivity index (χ2n) is 2.62. The van der Waals surface area contributed by atoms with Crippen LogP contribution in [0.1, 0.15) is 20.3 Å². The first-order valence-corrected chi connectivity index (χ1v) is 3.77. The average molecular weight is 166 g/mol. The van der Waals surface area contributed by atoms with Gasteiger partial charge in [0.2, 0.25) is 0 Å². The average Bonchev–Trinajstić information content (AvgIpc) is 1.84. The Hall–Kier alpha value is -1.31. The summed E-state index contributed by atoms with van der Waals surface area (Å²) in [4.78, 5) is 10.2. The molecular formula is C10H14O2. The number of hydrogen-bond acceptors (Lipinski definition) is 1. The van der Waals surface area contributed by atoms with Gasteiger partial charge in [0.05, 0.1) is 6.42 Å². The van der Waals surface area contributed by atoms with Gasteiger partial charge in [-0.2, -0.15) is 0 Å². The van der Waals surface area contributed by atoms with E-state index in [1.165, 1.54) is 0 Å². The predicted octanol–water partition coefficient (Wildman–Crippen LogP) is 2.54. The first-order valence-electron chi connectivity index (χ1n) is 3.77. The van der Waals surface area contributed by atoms with Crippen molar-refractivity contribution in [2.45, 2.75) is 20.3 Å². The van der Waals surface area contributed by atoms with E-state index in [2.05, 4.69) is 6.58 Å². The van der Waals surface area contributed by atoms with Crippen LogP contribution in [0.2, 0.25) is 0 Å². The molecule has 0 unspecified atom stereocenters. The zero-order valence-electron chi connectivity index (χ0n) is 7.50. The van der Waals surface area contributed by atoms with E-state index in [1.54, 1.807) is 6.08 Å². The zero-order chi connectivity index (χ0) is 9.56. The van der Waals surface area contributed by atoms with Crippen molar-refractivity contribution < 1.29 is 9.90 Å². The molecule has 66 valence electrons. The van der Waals surface area contributed by atoms with Gasteiger partial charge in [0.15, 0.2) is 0 Å². The van der Waals surface area contributed by atoms with Crippen molar-refractivity contribution in [3.8, 4) is 0 Å². The maximum atomic E-state index is 10.2. The van der Waals surface area contributed by atoms with Crippen molar-refractivity contribution in [2.24, 2.45) is 0 Å². The summed E-state index contributed by atoms with van der Waals surface area (Å²) in [5.41, 5.74) is 1.64. The van der Waals surface area contributed by atoms with E-state index in [1.807, 2.05) is 26.0 Å². The van der Waals surface area contributed by atoms with Crippen LogP contribution in [-0.4, -0.2) is 11.1 Å². The summed E-state index contributed by atoms with van der Waals surface area (Å²) in [6, 6.07) is 0. The van der Waals surface area contributed by atoms with Crippen molar-refractivity contribution >= 4 is 5.97 Å². The molecule has 0 aromatic heterocycles. The molecule has 0 aliphatic rings. The third kappa shape index (κ3) is 5.47. The minimum atomic E-state index is -0.843. The highest BCUT2D eigenvalue weighted by Crippen LogP contribution is 2.05. The Kier molecular flexibility index (Phi) is 4.77. The third-order valence-corrected chi connectivity index (χ3v) is 1.24. The highest BCUT2D eigenvalue weighted by atomic mass is 16.4. The molecule has 2 heteroatoms. The Morgan fingerprint density at radius 3 is 2.58 bits per heavy atom. The summed E-state index contributed by atoms with van der Waals surface area (Å²) >= 11 is 0. The zero-order valence-corrected chi connectivity index (χ0v) is 7.50. The Morgan fingerprint density at radius 2 is 2.17 bits per heavy atom. The van der Waals surface area contributed by atoms with Gasteiger partial charge in [-0.25, -0.2) is 0 Å². The van der Waals surface area contributed by atoms with Gasteiger partial charge in [0, 0.05) is 0 Å². The quantitative estimate of drug-likeness (QED) is 0.651. The van der Waals surface area contributed by atoms with Gasteiger partial charge in [0.1, 0.15) is 0 Å². The van der Waals surface area contributed by atoms with E-state index in [4.69, 9.17) is 5.11 Å². The van der Waals surface area contributed by atoms with Gasteiger partial charge in [-0.3, -0.25) is 4.79 Å².